The lowest BCUT2D eigenvalue weighted by atomic mass is 9.67. The molecule has 0 radical (unpaired) electrons. The van der Waals surface area contributed by atoms with Gasteiger partial charge in [0.25, 0.3) is 0 Å². The van der Waals surface area contributed by atoms with E-state index in [2.05, 4.69) is 207 Å². The van der Waals surface area contributed by atoms with E-state index in [9.17, 15) is 0 Å². The standard InChI is InChI=1S/C57H51N/c1-56(2)53-27-17-26-51(42-18-8-6-9-19-42)55(53)52-37-36-48(40-54(52)56)58(46-32-28-43(29-33-46)50-25-16-21-41-20-12-13-24-49(41)50)47-34-30-45(31-35-47)57(44-22-10-7-11-23-44)38-14-4-3-5-15-39-57/h6-13,16-37,40H,3-5,14-15,38-39H2,1-2H3. The van der Waals surface area contributed by atoms with Crippen molar-refractivity contribution in [2.45, 2.75) is 69.6 Å². The van der Waals surface area contributed by atoms with E-state index in [0.29, 0.717) is 0 Å². The van der Waals surface area contributed by atoms with Gasteiger partial charge in [-0.15, -0.1) is 0 Å². The summed E-state index contributed by atoms with van der Waals surface area (Å²) in [4.78, 5) is 2.47. The monoisotopic (exact) mass is 749 g/mol. The Hall–Kier alpha value is -6.18. The predicted molar refractivity (Wildman–Crippen MR) is 247 cm³/mol. The number of rotatable bonds is 7. The van der Waals surface area contributed by atoms with Crippen molar-refractivity contribution >= 4 is 27.8 Å². The van der Waals surface area contributed by atoms with Gasteiger partial charge in [0.1, 0.15) is 0 Å². The van der Waals surface area contributed by atoms with Gasteiger partial charge in [-0.2, -0.15) is 0 Å². The highest BCUT2D eigenvalue weighted by Crippen LogP contribution is 2.54. The summed E-state index contributed by atoms with van der Waals surface area (Å²) in [7, 11) is 0. The number of benzene rings is 8. The summed E-state index contributed by atoms with van der Waals surface area (Å²) >= 11 is 0. The van der Waals surface area contributed by atoms with E-state index >= 15 is 0 Å². The van der Waals surface area contributed by atoms with Crippen LogP contribution >= 0.6 is 0 Å². The molecule has 1 nitrogen and oxygen atoms in total. The molecule has 1 fully saturated rings. The van der Waals surface area contributed by atoms with E-state index in [1.54, 1.807) is 0 Å². The molecule has 1 saturated carbocycles. The van der Waals surface area contributed by atoms with Crippen LogP contribution in [-0.4, -0.2) is 0 Å². The summed E-state index contributed by atoms with van der Waals surface area (Å²) in [5, 5.41) is 2.54. The van der Waals surface area contributed by atoms with Gasteiger partial charge < -0.3 is 4.90 Å². The Labute approximate surface area is 344 Å². The van der Waals surface area contributed by atoms with Gasteiger partial charge in [0.15, 0.2) is 0 Å². The number of anilines is 3. The first-order chi connectivity index (χ1) is 28.5. The average Bonchev–Trinajstić information content (AvgIpc) is 3.50. The highest BCUT2D eigenvalue weighted by molar-refractivity contribution is 5.97. The predicted octanol–water partition coefficient (Wildman–Crippen LogP) is 16.0. The average molecular weight is 750 g/mol. The molecule has 58 heavy (non-hydrogen) atoms. The van der Waals surface area contributed by atoms with Gasteiger partial charge in [-0.25, -0.2) is 0 Å². The third kappa shape index (κ3) is 6.25. The SMILES string of the molecule is CC1(C)c2cc(N(c3ccc(-c4cccc5ccccc45)cc3)c3ccc(C4(c5ccccc5)CCCCCCC4)cc3)ccc2-c2c(-c3ccccc3)cccc21. The second kappa shape index (κ2) is 15.0. The first-order valence-electron chi connectivity index (χ1n) is 21.4. The fourth-order valence-electron chi connectivity index (χ4n) is 10.4. The molecule has 0 spiro atoms. The van der Waals surface area contributed by atoms with Gasteiger partial charge in [0, 0.05) is 27.9 Å². The minimum absolute atomic E-state index is 0.0327. The van der Waals surface area contributed by atoms with Gasteiger partial charge >= 0.3 is 0 Å². The van der Waals surface area contributed by atoms with Crippen LogP contribution in [0.15, 0.2) is 188 Å². The molecule has 8 aromatic carbocycles. The quantitative estimate of drug-likeness (QED) is 0.157. The molecular formula is C57H51N. The molecule has 0 amide bonds. The molecule has 0 atom stereocenters. The Balaban J connectivity index is 1.10. The smallest absolute Gasteiger partial charge is 0.0465 e. The summed E-state index contributed by atoms with van der Waals surface area (Å²) in [6, 6.07) is 70.5. The molecule has 0 saturated heterocycles. The van der Waals surface area contributed by atoms with Gasteiger partial charge in [-0.1, -0.05) is 198 Å². The van der Waals surface area contributed by atoms with Gasteiger partial charge in [0.05, 0.1) is 0 Å². The zero-order chi connectivity index (χ0) is 39.1. The van der Waals surface area contributed by atoms with E-state index < -0.39 is 0 Å². The third-order valence-corrected chi connectivity index (χ3v) is 13.5. The maximum absolute atomic E-state index is 2.47. The number of hydrogen-bond acceptors (Lipinski definition) is 1. The molecule has 1 heteroatoms. The molecule has 10 rings (SSSR count). The van der Waals surface area contributed by atoms with E-state index in [-0.39, 0.29) is 10.8 Å². The summed E-state index contributed by atoms with van der Waals surface area (Å²) in [6.07, 6.45) is 8.92. The summed E-state index contributed by atoms with van der Waals surface area (Å²) in [5.74, 6) is 0. The largest absolute Gasteiger partial charge is 0.310 e. The van der Waals surface area contributed by atoms with E-state index in [1.165, 1.54) is 123 Å². The summed E-state index contributed by atoms with van der Waals surface area (Å²) < 4.78 is 0. The van der Waals surface area contributed by atoms with Crippen molar-refractivity contribution in [3.63, 3.8) is 0 Å². The molecule has 2 aliphatic rings. The van der Waals surface area contributed by atoms with E-state index in [4.69, 9.17) is 0 Å². The summed E-state index contributed by atoms with van der Waals surface area (Å²) in [6.45, 7) is 4.79. The zero-order valence-electron chi connectivity index (χ0n) is 33.8. The normalized spacial score (nSPS) is 15.6. The number of fused-ring (bicyclic) bond motifs is 4. The minimum Gasteiger partial charge on any atom is -0.310 e. The van der Waals surface area contributed by atoms with Crippen LogP contribution in [0.25, 0.3) is 44.2 Å². The molecule has 284 valence electrons. The van der Waals surface area contributed by atoms with Crippen LogP contribution in [0, 0.1) is 0 Å². The van der Waals surface area contributed by atoms with Crippen molar-refractivity contribution in [2.24, 2.45) is 0 Å². The minimum atomic E-state index is -0.153. The second-order valence-corrected chi connectivity index (χ2v) is 17.1. The highest BCUT2D eigenvalue weighted by Gasteiger charge is 2.38. The van der Waals surface area contributed by atoms with Crippen LogP contribution in [0.4, 0.5) is 17.1 Å². The third-order valence-electron chi connectivity index (χ3n) is 13.5. The Kier molecular flexibility index (Phi) is 9.33. The first-order valence-corrected chi connectivity index (χ1v) is 21.4. The van der Waals surface area contributed by atoms with Crippen LogP contribution in [0.2, 0.25) is 0 Å². The van der Waals surface area contributed by atoms with Crippen LogP contribution < -0.4 is 4.90 Å². The van der Waals surface area contributed by atoms with Crippen LogP contribution in [0.1, 0.15) is 81.0 Å². The lowest BCUT2D eigenvalue weighted by Crippen LogP contribution is -2.29. The van der Waals surface area contributed by atoms with Crippen molar-refractivity contribution in [3.05, 3.63) is 210 Å². The molecule has 0 unspecified atom stereocenters. The lowest BCUT2D eigenvalue weighted by molar-refractivity contribution is 0.366. The van der Waals surface area contributed by atoms with Crippen LogP contribution in [0.5, 0.6) is 0 Å². The first kappa shape index (κ1) is 36.2. The van der Waals surface area contributed by atoms with E-state index in [0.717, 1.165) is 5.69 Å². The topological polar surface area (TPSA) is 3.24 Å². The Morgan fingerprint density at radius 2 is 0.948 bits per heavy atom. The van der Waals surface area contributed by atoms with Gasteiger partial charge in [-0.3, -0.25) is 0 Å². The van der Waals surface area contributed by atoms with Crippen molar-refractivity contribution in [2.75, 3.05) is 4.90 Å². The second-order valence-electron chi connectivity index (χ2n) is 17.1. The lowest BCUT2D eigenvalue weighted by Gasteiger charge is -2.37. The van der Waals surface area contributed by atoms with Crippen molar-refractivity contribution in [1.82, 2.24) is 0 Å². The summed E-state index contributed by atoms with van der Waals surface area (Å²) in [5.41, 5.74) is 16.8. The molecule has 0 bridgehead atoms. The maximum Gasteiger partial charge on any atom is 0.0465 e. The van der Waals surface area contributed by atoms with E-state index in [1.807, 2.05) is 0 Å². The van der Waals surface area contributed by atoms with Crippen LogP contribution in [0.3, 0.4) is 0 Å². The molecule has 0 heterocycles. The molecular weight excluding hydrogens is 699 g/mol. The molecule has 0 N–H and O–H groups in total. The number of hydrogen-bond donors (Lipinski definition) is 0. The Bertz CT molecular complexity index is 2690. The molecule has 0 aromatic heterocycles. The zero-order valence-corrected chi connectivity index (χ0v) is 33.8. The Morgan fingerprint density at radius 3 is 1.69 bits per heavy atom. The number of nitrogens with zero attached hydrogens (tertiary/aromatic N) is 1. The van der Waals surface area contributed by atoms with Crippen molar-refractivity contribution < 1.29 is 0 Å². The van der Waals surface area contributed by atoms with Crippen LogP contribution in [-0.2, 0) is 10.8 Å². The highest BCUT2D eigenvalue weighted by atomic mass is 15.1. The van der Waals surface area contributed by atoms with Gasteiger partial charge in [0.2, 0.25) is 0 Å². The van der Waals surface area contributed by atoms with Gasteiger partial charge in [-0.05, 0) is 116 Å². The fourth-order valence-corrected chi connectivity index (χ4v) is 10.4. The van der Waals surface area contributed by atoms with Crippen molar-refractivity contribution in [1.29, 1.82) is 0 Å². The molecule has 8 aromatic rings. The fraction of sp³-hybridized carbons (Fsp3) is 0.193. The van der Waals surface area contributed by atoms with Crippen molar-refractivity contribution in [3.8, 4) is 33.4 Å². The molecule has 2 aliphatic carbocycles. The maximum atomic E-state index is 2.47. The Morgan fingerprint density at radius 1 is 0.397 bits per heavy atom. The molecule has 0 aliphatic heterocycles.